The van der Waals surface area contributed by atoms with E-state index in [0.717, 1.165) is 21.8 Å². The molecule has 3 rings (SSSR count). The molecule has 2 nitrogen and oxygen atoms in total. The number of pyridine rings is 1. The van der Waals surface area contributed by atoms with Crippen LogP contribution >= 0.6 is 23.2 Å². The van der Waals surface area contributed by atoms with Gasteiger partial charge in [0.25, 0.3) is 0 Å². The van der Waals surface area contributed by atoms with Gasteiger partial charge in [0.2, 0.25) is 0 Å². The highest BCUT2D eigenvalue weighted by molar-refractivity contribution is 6.39. The van der Waals surface area contributed by atoms with Crippen LogP contribution in [0.5, 0.6) is 0 Å². The summed E-state index contributed by atoms with van der Waals surface area (Å²) in [5.41, 5.74) is 2.00. The fraction of sp³-hybridized carbons (Fsp3) is 0.0833. The molecule has 0 aliphatic rings. The number of hydrogen-bond donors (Lipinski definition) is 1. The number of nitrogens with one attached hydrogen (secondary N) is 1. The molecule has 80 valence electrons. The van der Waals surface area contributed by atoms with Gasteiger partial charge in [0.1, 0.15) is 12.6 Å². The van der Waals surface area contributed by atoms with Gasteiger partial charge < -0.3 is 4.98 Å². The second kappa shape index (κ2) is 3.37. The maximum atomic E-state index is 6.15. The fourth-order valence-corrected chi connectivity index (χ4v) is 2.52. The summed E-state index contributed by atoms with van der Waals surface area (Å²) in [4.78, 5) is 3.30. The largest absolute Gasteiger partial charge is 0.348 e. The van der Waals surface area contributed by atoms with E-state index in [2.05, 4.69) is 11.1 Å². The molecule has 0 radical (unpaired) electrons. The minimum atomic E-state index is 0.654. The number of nitrogens with zero attached hydrogens (tertiary/aromatic N) is 1. The zero-order valence-electron chi connectivity index (χ0n) is 8.59. The topological polar surface area (TPSA) is 19.7 Å². The third-order valence-corrected chi connectivity index (χ3v) is 3.22. The molecule has 2 heterocycles. The Bertz CT molecular complexity index is 701. The lowest BCUT2D eigenvalue weighted by atomic mass is 10.2. The van der Waals surface area contributed by atoms with Gasteiger partial charge in [-0.3, -0.25) is 0 Å². The van der Waals surface area contributed by atoms with Crippen LogP contribution in [-0.2, 0) is 7.05 Å². The Morgan fingerprint density at radius 3 is 2.81 bits per heavy atom. The van der Waals surface area contributed by atoms with Crippen molar-refractivity contribution in [2.24, 2.45) is 7.05 Å². The first-order valence-electron chi connectivity index (χ1n) is 4.91. The van der Waals surface area contributed by atoms with Crippen molar-refractivity contribution in [1.82, 2.24) is 4.98 Å². The highest BCUT2D eigenvalue weighted by Crippen LogP contribution is 2.32. The SMILES string of the molecule is C[n+]1ccc2c(c1)[nH]c1c(Cl)cc(Cl)cc12. The van der Waals surface area contributed by atoms with Gasteiger partial charge in [0.15, 0.2) is 12.4 Å². The zero-order chi connectivity index (χ0) is 11.3. The van der Waals surface area contributed by atoms with Crippen molar-refractivity contribution >= 4 is 45.0 Å². The van der Waals surface area contributed by atoms with Gasteiger partial charge in [-0.15, -0.1) is 0 Å². The third kappa shape index (κ3) is 1.38. The number of fused-ring (bicyclic) bond motifs is 3. The third-order valence-electron chi connectivity index (χ3n) is 2.70. The van der Waals surface area contributed by atoms with Crippen molar-refractivity contribution < 1.29 is 4.57 Å². The second-order valence-electron chi connectivity index (χ2n) is 3.87. The van der Waals surface area contributed by atoms with E-state index in [-0.39, 0.29) is 0 Å². The minimum Gasteiger partial charge on any atom is -0.348 e. The molecule has 0 atom stereocenters. The van der Waals surface area contributed by atoms with Crippen LogP contribution in [-0.4, -0.2) is 4.98 Å². The van der Waals surface area contributed by atoms with Gasteiger partial charge in [-0.1, -0.05) is 23.2 Å². The van der Waals surface area contributed by atoms with Crippen LogP contribution in [0.3, 0.4) is 0 Å². The Balaban J connectivity index is 2.55. The van der Waals surface area contributed by atoms with Crippen molar-refractivity contribution in [1.29, 1.82) is 0 Å². The molecule has 0 fully saturated rings. The summed E-state index contributed by atoms with van der Waals surface area (Å²) in [5, 5.41) is 3.51. The first-order valence-corrected chi connectivity index (χ1v) is 5.66. The monoisotopic (exact) mass is 251 g/mol. The lowest BCUT2D eigenvalue weighted by molar-refractivity contribution is -0.670. The molecule has 0 spiro atoms. The number of halogens is 2. The summed E-state index contributed by atoms with van der Waals surface area (Å²) in [6.45, 7) is 0. The first kappa shape index (κ1) is 9.94. The maximum Gasteiger partial charge on any atom is 0.192 e. The van der Waals surface area contributed by atoms with E-state index >= 15 is 0 Å². The number of aromatic nitrogens is 2. The van der Waals surface area contributed by atoms with E-state index < -0.39 is 0 Å². The van der Waals surface area contributed by atoms with Crippen LogP contribution in [0, 0.1) is 0 Å². The van der Waals surface area contributed by atoms with Crippen LogP contribution in [0.15, 0.2) is 30.6 Å². The Kier molecular flexibility index (Phi) is 2.09. The molecule has 1 N–H and O–H groups in total. The maximum absolute atomic E-state index is 6.15. The summed E-state index contributed by atoms with van der Waals surface area (Å²) in [7, 11) is 1.99. The van der Waals surface area contributed by atoms with E-state index in [0.29, 0.717) is 10.0 Å². The molecule has 16 heavy (non-hydrogen) atoms. The van der Waals surface area contributed by atoms with E-state index in [1.165, 1.54) is 0 Å². The van der Waals surface area contributed by atoms with E-state index in [9.17, 15) is 0 Å². The standard InChI is InChI=1S/C12H8Cl2N2/c1-16-3-2-8-9-4-7(13)5-10(14)12(9)15-11(8)6-16/h2-6H,1H3/p+1. The van der Waals surface area contributed by atoms with Gasteiger partial charge >= 0.3 is 0 Å². The van der Waals surface area contributed by atoms with Crippen molar-refractivity contribution in [3.05, 3.63) is 40.6 Å². The fourth-order valence-electron chi connectivity index (χ4n) is 1.98. The number of rotatable bonds is 0. The molecule has 0 saturated carbocycles. The number of aryl methyl sites for hydroxylation is 1. The number of aromatic amines is 1. The molecular weight excluding hydrogens is 243 g/mol. The molecule has 3 aromatic rings. The number of H-pyrrole nitrogens is 1. The average molecular weight is 252 g/mol. The lowest BCUT2D eigenvalue weighted by Gasteiger charge is -1.95. The van der Waals surface area contributed by atoms with Crippen molar-refractivity contribution in [3.63, 3.8) is 0 Å². The minimum absolute atomic E-state index is 0.654. The molecule has 1 aromatic carbocycles. The molecule has 0 amide bonds. The Hall–Kier alpha value is -1.25. The predicted octanol–water partition coefficient (Wildman–Crippen LogP) is 3.45. The average Bonchev–Trinajstić information content (AvgIpc) is 2.56. The highest BCUT2D eigenvalue weighted by atomic mass is 35.5. The number of hydrogen-bond acceptors (Lipinski definition) is 0. The molecule has 2 aromatic heterocycles. The molecule has 0 bridgehead atoms. The van der Waals surface area contributed by atoms with E-state index in [1.54, 1.807) is 6.07 Å². The predicted molar refractivity (Wildman–Crippen MR) is 67.0 cm³/mol. The molecule has 0 saturated heterocycles. The Morgan fingerprint density at radius 1 is 1.19 bits per heavy atom. The van der Waals surface area contributed by atoms with E-state index in [4.69, 9.17) is 23.2 Å². The van der Waals surface area contributed by atoms with Crippen molar-refractivity contribution in [3.8, 4) is 0 Å². The van der Waals surface area contributed by atoms with Crippen LogP contribution in [0.2, 0.25) is 10.0 Å². The first-order chi connectivity index (χ1) is 7.65. The smallest absolute Gasteiger partial charge is 0.192 e. The summed E-state index contributed by atoms with van der Waals surface area (Å²) in [6.07, 6.45) is 4.03. The Morgan fingerprint density at radius 2 is 2.00 bits per heavy atom. The molecule has 0 unspecified atom stereocenters. The molecule has 4 heteroatoms. The van der Waals surface area contributed by atoms with Gasteiger partial charge in [0, 0.05) is 21.9 Å². The number of benzene rings is 1. The summed E-state index contributed by atoms with van der Waals surface area (Å²) >= 11 is 12.2. The van der Waals surface area contributed by atoms with Crippen LogP contribution in [0.4, 0.5) is 0 Å². The van der Waals surface area contributed by atoms with Crippen LogP contribution in [0.25, 0.3) is 21.8 Å². The van der Waals surface area contributed by atoms with Gasteiger partial charge in [-0.05, 0) is 12.1 Å². The van der Waals surface area contributed by atoms with Crippen LogP contribution in [0.1, 0.15) is 0 Å². The van der Waals surface area contributed by atoms with Gasteiger partial charge in [0.05, 0.1) is 10.5 Å². The van der Waals surface area contributed by atoms with Gasteiger partial charge in [-0.2, -0.15) is 0 Å². The van der Waals surface area contributed by atoms with Gasteiger partial charge in [-0.25, -0.2) is 4.57 Å². The van der Waals surface area contributed by atoms with Crippen molar-refractivity contribution in [2.45, 2.75) is 0 Å². The van der Waals surface area contributed by atoms with E-state index in [1.807, 2.05) is 30.1 Å². The summed E-state index contributed by atoms with van der Waals surface area (Å²) in [5.74, 6) is 0. The Labute approximate surface area is 102 Å². The summed E-state index contributed by atoms with van der Waals surface area (Å²) < 4.78 is 1.99. The summed E-state index contributed by atoms with van der Waals surface area (Å²) in [6, 6.07) is 5.74. The lowest BCUT2D eigenvalue weighted by Crippen LogP contribution is -2.25. The molecule has 0 aliphatic heterocycles. The second-order valence-corrected chi connectivity index (χ2v) is 4.72. The molecular formula is C12H9Cl2N2+. The normalized spacial score (nSPS) is 11.4. The highest BCUT2D eigenvalue weighted by Gasteiger charge is 2.10. The zero-order valence-corrected chi connectivity index (χ0v) is 10.1. The van der Waals surface area contributed by atoms with Crippen LogP contribution < -0.4 is 4.57 Å². The molecule has 0 aliphatic carbocycles. The van der Waals surface area contributed by atoms with Crippen molar-refractivity contribution in [2.75, 3.05) is 0 Å². The quantitative estimate of drug-likeness (QED) is 0.591.